The van der Waals surface area contributed by atoms with Crippen LogP contribution in [0.4, 0.5) is 5.69 Å². The Morgan fingerprint density at radius 2 is 2.21 bits per heavy atom. The maximum Gasteiger partial charge on any atom is 0.306 e. The number of aryl methyl sites for hydroxylation is 1. The zero-order valence-electron chi connectivity index (χ0n) is 10.7. The fraction of sp³-hybridized carbons (Fsp3) is 0.667. The molecule has 1 N–H and O–H groups in total. The number of rotatable bonds is 5. The molecule has 2 rings (SSSR count). The summed E-state index contributed by atoms with van der Waals surface area (Å²) in [4.78, 5) is 21.7. The molecule has 104 valence electrons. The molecule has 1 aliphatic carbocycles. The fourth-order valence-electron chi connectivity index (χ4n) is 2.33. The second-order valence-electron chi connectivity index (χ2n) is 4.87. The van der Waals surface area contributed by atoms with E-state index >= 15 is 0 Å². The molecule has 1 heterocycles. The lowest BCUT2D eigenvalue weighted by Gasteiger charge is -2.22. The zero-order chi connectivity index (χ0) is 13.7. The number of amides is 1. The van der Waals surface area contributed by atoms with Gasteiger partial charge in [0.15, 0.2) is 0 Å². The zero-order valence-corrected chi connectivity index (χ0v) is 10.7. The van der Waals surface area contributed by atoms with Crippen LogP contribution in [0.15, 0.2) is 12.4 Å². The van der Waals surface area contributed by atoms with E-state index in [9.17, 15) is 14.9 Å². The van der Waals surface area contributed by atoms with Gasteiger partial charge in [-0.25, -0.2) is 0 Å². The molecule has 1 saturated carbocycles. The SMILES string of the molecule is O=C(CCn1cc([N+](=O)[O-])cn1)NC1CCCCC1. The van der Waals surface area contributed by atoms with Gasteiger partial charge < -0.3 is 5.32 Å². The van der Waals surface area contributed by atoms with E-state index in [-0.39, 0.29) is 11.6 Å². The summed E-state index contributed by atoms with van der Waals surface area (Å²) in [5.74, 6) is -0.00921. The lowest BCUT2D eigenvalue weighted by molar-refractivity contribution is -0.385. The number of hydrogen-bond acceptors (Lipinski definition) is 4. The van der Waals surface area contributed by atoms with E-state index in [1.165, 1.54) is 36.3 Å². The second-order valence-corrected chi connectivity index (χ2v) is 4.87. The fourth-order valence-corrected chi connectivity index (χ4v) is 2.33. The van der Waals surface area contributed by atoms with Gasteiger partial charge in [0.2, 0.25) is 5.91 Å². The monoisotopic (exact) mass is 266 g/mol. The van der Waals surface area contributed by atoms with Crippen molar-refractivity contribution in [1.29, 1.82) is 0 Å². The number of nitro groups is 1. The lowest BCUT2D eigenvalue weighted by atomic mass is 9.95. The van der Waals surface area contributed by atoms with Crippen LogP contribution in [0.3, 0.4) is 0 Å². The number of hydrogen-bond donors (Lipinski definition) is 1. The van der Waals surface area contributed by atoms with Gasteiger partial charge >= 0.3 is 5.69 Å². The third-order valence-corrected chi connectivity index (χ3v) is 3.37. The molecule has 0 aromatic carbocycles. The third kappa shape index (κ3) is 4.04. The Bertz CT molecular complexity index is 452. The Balaban J connectivity index is 1.74. The summed E-state index contributed by atoms with van der Waals surface area (Å²) in [6.45, 7) is 0.367. The van der Waals surface area contributed by atoms with Crippen molar-refractivity contribution in [2.45, 2.75) is 51.1 Å². The van der Waals surface area contributed by atoms with Crippen LogP contribution in [0.25, 0.3) is 0 Å². The molecular formula is C12H18N4O3. The maximum absolute atomic E-state index is 11.7. The summed E-state index contributed by atoms with van der Waals surface area (Å²) >= 11 is 0. The minimum atomic E-state index is -0.494. The number of nitrogens with zero attached hydrogens (tertiary/aromatic N) is 3. The van der Waals surface area contributed by atoms with E-state index in [1.807, 2.05) is 0 Å². The minimum Gasteiger partial charge on any atom is -0.353 e. The highest BCUT2D eigenvalue weighted by molar-refractivity contribution is 5.76. The molecule has 0 saturated heterocycles. The summed E-state index contributed by atoms with van der Waals surface area (Å²) in [7, 11) is 0. The van der Waals surface area contributed by atoms with Gasteiger partial charge in [0.25, 0.3) is 0 Å². The lowest BCUT2D eigenvalue weighted by Crippen LogP contribution is -2.36. The molecule has 1 fully saturated rings. The smallest absolute Gasteiger partial charge is 0.306 e. The van der Waals surface area contributed by atoms with Crippen molar-refractivity contribution in [2.75, 3.05) is 0 Å². The van der Waals surface area contributed by atoms with Crippen molar-refractivity contribution < 1.29 is 9.72 Å². The Hall–Kier alpha value is -1.92. The van der Waals surface area contributed by atoms with Crippen LogP contribution in [0.1, 0.15) is 38.5 Å². The highest BCUT2D eigenvalue weighted by Crippen LogP contribution is 2.17. The van der Waals surface area contributed by atoms with E-state index in [0.29, 0.717) is 19.0 Å². The van der Waals surface area contributed by atoms with Gasteiger partial charge in [-0.1, -0.05) is 19.3 Å². The number of carbonyl (C=O) groups is 1. The van der Waals surface area contributed by atoms with Crippen molar-refractivity contribution in [3.8, 4) is 0 Å². The van der Waals surface area contributed by atoms with Crippen LogP contribution in [0, 0.1) is 10.1 Å². The van der Waals surface area contributed by atoms with E-state index in [1.54, 1.807) is 0 Å². The van der Waals surface area contributed by atoms with Crippen molar-refractivity contribution >= 4 is 11.6 Å². The Labute approximate surface area is 111 Å². The Morgan fingerprint density at radius 3 is 2.84 bits per heavy atom. The molecule has 19 heavy (non-hydrogen) atoms. The first-order valence-electron chi connectivity index (χ1n) is 6.61. The average molecular weight is 266 g/mol. The average Bonchev–Trinajstić information content (AvgIpc) is 2.86. The van der Waals surface area contributed by atoms with Gasteiger partial charge in [-0.05, 0) is 12.8 Å². The first-order valence-corrected chi connectivity index (χ1v) is 6.61. The molecule has 1 aromatic rings. The van der Waals surface area contributed by atoms with Crippen LogP contribution in [-0.4, -0.2) is 26.7 Å². The quantitative estimate of drug-likeness (QED) is 0.647. The molecule has 7 heteroatoms. The molecule has 0 spiro atoms. The summed E-state index contributed by atoms with van der Waals surface area (Å²) < 4.78 is 1.43. The molecule has 7 nitrogen and oxygen atoms in total. The van der Waals surface area contributed by atoms with E-state index in [0.717, 1.165) is 12.8 Å². The highest BCUT2D eigenvalue weighted by Gasteiger charge is 2.16. The van der Waals surface area contributed by atoms with Crippen molar-refractivity contribution in [1.82, 2.24) is 15.1 Å². The number of aromatic nitrogens is 2. The Morgan fingerprint density at radius 1 is 1.47 bits per heavy atom. The van der Waals surface area contributed by atoms with Gasteiger partial charge in [0.05, 0.1) is 4.92 Å². The Kier molecular flexibility index (Phi) is 4.48. The topological polar surface area (TPSA) is 90.1 Å². The van der Waals surface area contributed by atoms with Gasteiger partial charge in [0, 0.05) is 19.0 Å². The van der Waals surface area contributed by atoms with Crippen LogP contribution in [0.5, 0.6) is 0 Å². The predicted octanol–water partition coefficient (Wildman–Crippen LogP) is 1.63. The molecule has 0 atom stereocenters. The van der Waals surface area contributed by atoms with Crippen LogP contribution in [-0.2, 0) is 11.3 Å². The first-order chi connectivity index (χ1) is 9.15. The molecule has 0 bridgehead atoms. The summed E-state index contributed by atoms with van der Waals surface area (Å²) in [5, 5.41) is 17.3. The maximum atomic E-state index is 11.7. The van der Waals surface area contributed by atoms with Crippen molar-refractivity contribution in [2.24, 2.45) is 0 Å². The molecule has 1 amide bonds. The third-order valence-electron chi connectivity index (χ3n) is 3.37. The summed E-state index contributed by atoms with van der Waals surface area (Å²) in [6, 6.07) is 0.299. The summed E-state index contributed by atoms with van der Waals surface area (Å²) in [6.07, 6.45) is 8.55. The van der Waals surface area contributed by atoms with Crippen LogP contribution >= 0.6 is 0 Å². The predicted molar refractivity (Wildman–Crippen MR) is 68.5 cm³/mol. The van der Waals surface area contributed by atoms with Gasteiger partial charge in [-0.2, -0.15) is 5.10 Å². The van der Waals surface area contributed by atoms with Crippen LogP contribution in [0.2, 0.25) is 0 Å². The van der Waals surface area contributed by atoms with E-state index < -0.39 is 4.92 Å². The molecule has 0 unspecified atom stereocenters. The first kappa shape index (κ1) is 13.5. The van der Waals surface area contributed by atoms with Gasteiger partial charge in [-0.15, -0.1) is 0 Å². The molecule has 1 aliphatic rings. The van der Waals surface area contributed by atoms with Crippen LogP contribution < -0.4 is 5.32 Å². The minimum absolute atomic E-state index is 0.00921. The molecular weight excluding hydrogens is 248 g/mol. The number of carbonyl (C=O) groups excluding carboxylic acids is 1. The normalized spacial score (nSPS) is 16.2. The second kappa shape index (κ2) is 6.31. The largest absolute Gasteiger partial charge is 0.353 e. The number of nitrogens with one attached hydrogen (secondary N) is 1. The molecule has 0 radical (unpaired) electrons. The van der Waals surface area contributed by atoms with Gasteiger partial charge in [0.1, 0.15) is 12.4 Å². The van der Waals surface area contributed by atoms with Gasteiger partial charge in [-0.3, -0.25) is 19.6 Å². The highest BCUT2D eigenvalue weighted by atomic mass is 16.6. The van der Waals surface area contributed by atoms with Crippen molar-refractivity contribution in [3.63, 3.8) is 0 Å². The standard InChI is InChI=1S/C12H18N4O3/c17-12(14-10-4-2-1-3-5-10)6-7-15-9-11(8-13-15)16(18)19/h8-10H,1-7H2,(H,14,17). The summed E-state index contributed by atoms with van der Waals surface area (Å²) in [5.41, 5.74) is -0.0484. The molecule has 1 aromatic heterocycles. The van der Waals surface area contributed by atoms with Crippen molar-refractivity contribution in [3.05, 3.63) is 22.5 Å². The van der Waals surface area contributed by atoms with E-state index in [4.69, 9.17) is 0 Å². The van der Waals surface area contributed by atoms with E-state index in [2.05, 4.69) is 10.4 Å². The molecule has 0 aliphatic heterocycles.